The van der Waals surface area contributed by atoms with Crippen molar-refractivity contribution >= 4 is 32.6 Å². The topological polar surface area (TPSA) is 77.0 Å². The molecule has 0 saturated heterocycles. The molecule has 0 aliphatic heterocycles. The summed E-state index contributed by atoms with van der Waals surface area (Å²) in [5.74, 6) is 0.0543. The van der Waals surface area contributed by atoms with E-state index in [0.717, 1.165) is 10.2 Å². The summed E-state index contributed by atoms with van der Waals surface area (Å²) >= 11 is 1.42. The fraction of sp³-hybridized carbons (Fsp3) is 0.143. The van der Waals surface area contributed by atoms with Gasteiger partial charge in [-0.05, 0) is 25.1 Å². The van der Waals surface area contributed by atoms with E-state index < -0.39 is 0 Å². The Labute approximate surface area is 124 Å². The Bertz CT molecular complexity index is 737. The van der Waals surface area contributed by atoms with Gasteiger partial charge in [-0.1, -0.05) is 23.5 Å². The third-order valence-corrected chi connectivity index (χ3v) is 3.63. The zero-order valence-electron chi connectivity index (χ0n) is 11.2. The monoisotopic (exact) mass is 300 g/mol. The number of nitrogens with zero attached hydrogens (tertiary/aromatic N) is 3. The Hall–Kier alpha value is -2.54. The number of anilines is 1. The molecule has 106 valence electrons. The molecule has 0 unspecified atom stereocenters. The highest BCUT2D eigenvalue weighted by molar-refractivity contribution is 7.22. The van der Waals surface area contributed by atoms with Crippen LogP contribution in [0.2, 0.25) is 0 Å². The minimum atomic E-state index is -0.343. The highest BCUT2D eigenvalue weighted by atomic mass is 32.1. The average Bonchev–Trinajstić information content (AvgIpc) is 2.90. The molecule has 0 spiro atoms. The largest absolute Gasteiger partial charge is 0.477 e. The first-order valence-electron chi connectivity index (χ1n) is 6.39. The Kier molecular flexibility index (Phi) is 3.74. The van der Waals surface area contributed by atoms with Crippen LogP contribution in [0.5, 0.6) is 5.88 Å². The molecule has 0 aliphatic carbocycles. The number of fused-ring (bicyclic) bond motifs is 1. The van der Waals surface area contributed by atoms with Gasteiger partial charge in [-0.2, -0.15) is 0 Å². The van der Waals surface area contributed by atoms with Crippen molar-refractivity contribution in [2.45, 2.75) is 6.92 Å². The highest BCUT2D eigenvalue weighted by Gasteiger charge is 2.11. The van der Waals surface area contributed by atoms with Crippen LogP contribution in [0.3, 0.4) is 0 Å². The Morgan fingerprint density at radius 2 is 2.10 bits per heavy atom. The van der Waals surface area contributed by atoms with Crippen molar-refractivity contribution < 1.29 is 9.53 Å². The van der Waals surface area contributed by atoms with Crippen LogP contribution in [-0.2, 0) is 0 Å². The van der Waals surface area contributed by atoms with Crippen molar-refractivity contribution in [2.24, 2.45) is 0 Å². The van der Waals surface area contributed by atoms with Crippen molar-refractivity contribution in [3.05, 3.63) is 42.1 Å². The molecule has 1 amide bonds. The van der Waals surface area contributed by atoms with Crippen LogP contribution < -0.4 is 10.1 Å². The fourth-order valence-corrected chi connectivity index (χ4v) is 2.61. The molecule has 2 aromatic heterocycles. The van der Waals surface area contributed by atoms with E-state index in [2.05, 4.69) is 20.5 Å². The summed E-state index contributed by atoms with van der Waals surface area (Å²) < 4.78 is 6.20. The predicted octanol–water partition coefficient (Wildman–Crippen LogP) is 2.74. The SMILES string of the molecule is CCOc1ccc(C(=O)Nc2nc3ccccc3s2)nn1. The standard InChI is InChI=1S/C14H12N4O2S/c1-2-20-12-8-7-10(17-18-12)13(19)16-14-15-9-5-3-4-6-11(9)21-14/h3-8H,2H2,1H3,(H,15,16,19). The molecular formula is C14H12N4O2S. The average molecular weight is 300 g/mol. The molecule has 0 bridgehead atoms. The number of rotatable bonds is 4. The molecular weight excluding hydrogens is 288 g/mol. The molecule has 1 N–H and O–H groups in total. The lowest BCUT2D eigenvalue weighted by Gasteiger charge is -2.02. The normalized spacial score (nSPS) is 10.5. The lowest BCUT2D eigenvalue weighted by molar-refractivity contribution is 0.102. The summed E-state index contributed by atoms with van der Waals surface area (Å²) in [6.45, 7) is 2.36. The van der Waals surface area contributed by atoms with Gasteiger partial charge in [0.1, 0.15) is 0 Å². The number of amides is 1. The fourth-order valence-electron chi connectivity index (χ4n) is 1.75. The summed E-state index contributed by atoms with van der Waals surface area (Å²) in [7, 11) is 0. The smallest absolute Gasteiger partial charge is 0.277 e. The number of para-hydroxylation sites is 1. The molecule has 0 aliphatic rings. The number of nitrogens with one attached hydrogen (secondary N) is 1. The second kappa shape index (κ2) is 5.84. The van der Waals surface area contributed by atoms with Crippen LogP contribution >= 0.6 is 11.3 Å². The van der Waals surface area contributed by atoms with Crippen LogP contribution in [0.25, 0.3) is 10.2 Å². The number of hydrogen-bond acceptors (Lipinski definition) is 6. The zero-order valence-corrected chi connectivity index (χ0v) is 12.1. The number of carbonyl (C=O) groups excluding carboxylic acids is 1. The molecule has 0 atom stereocenters. The van der Waals surface area contributed by atoms with Gasteiger partial charge in [0.25, 0.3) is 5.91 Å². The minimum absolute atomic E-state index is 0.220. The second-order valence-electron chi connectivity index (χ2n) is 4.13. The van der Waals surface area contributed by atoms with Gasteiger partial charge in [-0.25, -0.2) is 4.98 Å². The van der Waals surface area contributed by atoms with Crippen LogP contribution in [-0.4, -0.2) is 27.7 Å². The first-order valence-corrected chi connectivity index (χ1v) is 7.21. The maximum Gasteiger partial charge on any atom is 0.277 e. The Morgan fingerprint density at radius 1 is 1.24 bits per heavy atom. The molecule has 7 heteroatoms. The lowest BCUT2D eigenvalue weighted by atomic mass is 10.3. The number of hydrogen-bond donors (Lipinski definition) is 1. The number of ether oxygens (including phenoxy) is 1. The van der Waals surface area contributed by atoms with Crippen LogP contribution in [0.1, 0.15) is 17.4 Å². The van der Waals surface area contributed by atoms with Gasteiger partial charge in [0, 0.05) is 6.07 Å². The van der Waals surface area contributed by atoms with E-state index in [9.17, 15) is 4.79 Å². The molecule has 2 heterocycles. The summed E-state index contributed by atoms with van der Waals surface area (Å²) in [5, 5.41) is 10.9. The molecule has 1 aromatic carbocycles. The second-order valence-corrected chi connectivity index (χ2v) is 5.16. The van der Waals surface area contributed by atoms with E-state index >= 15 is 0 Å². The van der Waals surface area contributed by atoms with Gasteiger partial charge in [-0.3, -0.25) is 10.1 Å². The third kappa shape index (κ3) is 2.97. The van der Waals surface area contributed by atoms with E-state index in [1.807, 2.05) is 31.2 Å². The molecule has 3 aromatic rings. The van der Waals surface area contributed by atoms with Crippen molar-refractivity contribution in [1.82, 2.24) is 15.2 Å². The quantitative estimate of drug-likeness (QED) is 0.801. The zero-order chi connectivity index (χ0) is 14.7. The van der Waals surface area contributed by atoms with Crippen LogP contribution in [0.4, 0.5) is 5.13 Å². The number of carbonyl (C=O) groups is 1. The highest BCUT2D eigenvalue weighted by Crippen LogP contribution is 2.25. The molecule has 0 radical (unpaired) electrons. The van der Waals surface area contributed by atoms with Gasteiger partial charge in [0.15, 0.2) is 10.8 Å². The van der Waals surface area contributed by atoms with E-state index in [-0.39, 0.29) is 11.6 Å². The van der Waals surface area contributed by atoms with E-state index in [0.29, 0.717) is 17.6 Å². The molecule has 0 saturated carbocycles. The summed E-state index contributed by atoms with van der Waals surface area (Å²) in [6.07, 6.45) is 0. The van der Waals surface area contributed by atoms with Crippen molar-refractivity contribution in [2.75, 3.05) is 11.9 Å². The third-order valence-electron chi connectivity index (χ3n) is 2.68. The minimum Gasteiger partial charge on any atom is -0.477 e. The van der Waals surface area contributed by atoms with Crippen LogP contribution in [0, 0.1) is 0 Å². The van der Waals surface area contributed by atoms with Gasteiger partial charge < -0.3 is 4.74 Å². The number of aromatic nitrogens is 3. The van der Waals surface area contributed by atoms with E-state index in [4.69, 9.17) is 4.74 Å². The van der Waals surface area contributed by atoms with Gasteiger partial charge in [-0.15, -0.1) is 10.2 Å². The maximum absolute atomic E-state index is 12.1. The van der Waals surface area contributed by atoms with E-state index in [1.54, 1.807) is 12.1 Å². The Balaban J connectivity index is 1.76. The molecule has 3 rings (SSSR count). The van der Waals surface area contributed by atoms with Crippen molar-refractivity contribution in [3.8, 4) is 5.88 Å². The first kappa shape index (κ1) is 13.4. The predicted molar refractivity (Wildman–Crippen MR) is 80.8 cm³/mol. The number of thiazole rings is 1. The molecule has 0 fully saturated rings. The van der Waals surface area contributed by atoms with Crippen molar-refractivity contribution in [1.29, 1.82) is 0 Å². The molecule has 6 nitrogen and oxygen atoms in total. The van der Waals surface area contributed by atoms with Crippen molar-refractivity contribution in [3.63, 3.8) is 0 Å². The summed E-state index contributed by atoms with van der Waals surface area (Å²) in [4.78, 5) is 16.4. The summed E-state index contributed by atoms with van der Waals surface area (Å²) in [5.41, 5.74) is 1.08. The van der Waals surface area contributed by atoms with E-state index in [1.165, 1.54) is 11.3 Å². The van der Waals surface area contributed by atoms with Crippen LogP contribution in [0.15, 0.2) is 36.4 Å². The van der Waals surface area contributed by atoms with Gasteiger partial charge >= 0.3 is 0 Å². The lowest BCUT2D eigenvalue weighted by Crippen LogP contribution is -2.14. The van der Waals surface area contributed by atoms with Gasteiger partial charge in [0.05, 0.1) is 16.8 Å². The maximum atomic E-state index is 12.1. The first-order chi connectivity index (χ1) is 10.3. The molecule has 21 heavy (non-hydrogen) atoms. The van der Waals surface area contributed by atoms with Gasteiger partial charge in [0.2, 0.25) is 5.88 Å². The summed E-state index contributed by atoms with van der Waals surface area (Å²) in [6, 6.07) is 10.9. The Morgan fingerprint density at radius 3 is 2.81 bits per heavy atom. The number of benzene rings is 1.